The zero-order chi connectivity index (χ0) is 13.2. The number of methoxy groups -OCH3 is 1. The molecule has 1 aromatic carbocycles. The van der Waals surface area contributed by atoms with Crippen LogP contribution in [0.15, 0.2) is 42.9 Å². The van der Waals surface area contributed by atoms with Crippen molar-refractivity contribution in [2.45, 2.75) is 0 Å². The standard InChI is InChI=1S/C13H10N4O2/c1-19-13(18)10-7-15-12(8-14-10)17-11-5-3-2-4-9(11)6-16-17/h2-8H,1H3. The van der Waals surface area contributed by atoms with Crippen LogP contribution in [0.2, 0.25) is 0 Å². The molecule has 0 fully saturated rings. The maximum Gasteiger partial charge on any atom is 0.358 e. The summed E-state index contributed by atoms with van der Waals surface area (Å²) in [4.78, 5) is 19.5. The summed E-state index contributed by atoms with van der Waals surface area (Å²) in [6, 6.07) is 7.78. The van der Waals surface area contributed by atoms with Crippen molar-refractivity contribution in [1.82, 2.24) is 19.7 Å². The second-order valence-electron chi connectivity index (χ2n) is 3.87. The third kappa shape index (κ3) is 1.93. The first-order valence-corrected chi connectivity index (χ1v) is 5.63. The highest BCUT2D eigenvalue weighted by Gasteiger charge is 2.10. The molecule has 6 heteroatoms. The van der Waals surface area contributed by atoms with Gasteiger partial charge in [-0.3, -0.25) is 0 Å². The van der Waals surface area contributed by atoms with Crippen LogP contribution in [-0.2, 0) is 4.74 Å². The van der Waals surface area contributed by atoms with E-state index in [1.165, 1.54) is 19.5 Å². The number of hydrogen-bond acceptors (Lipinski definition) is 5. The molecule has 0 unspecified atom stereocenters. The number of nitrogens with zero attached hydrogens (tertiary/aromatic N) is 4. The average molecular weight is 254 g/mol. The van der Waals surface area contributed by atoms with Crippen molar-refractivity contribution in [3.63, 3.8) is 0 Å². The second-order valence-corrected chi connectivity index (χ2v) is 3.87. The number of ether oxygens (including phenoxy) is 1. The third-order valence-corrected chi connectivity index (χ3v) is 2.73. The number of esters is 1. The molecular weight excluding hydrogens is 244 g/mol. The number of aromatic nitrogens is 4. The Balaban J connectivity index is 2.05. The van der Waals surface area contributed by atoms with Gasteiger partial charge in [0.15, 0.2) is 11.5 Å². The fraction of sp³-hybridized carbons (Fsp3) is 0.0769. The minimum absolute atomic E-state index is 0.169. The Hall–Kier alpha value is -2.76. The van der Waals surface area contributed by atoms with Gasteiger partial charge in [-0.1, -0.05) is 18.2 Å². The fourth-order valence-corrected chi connectivity index (χ4v) is 1.79. The Morgan fingerprint density at radius 3 is 2.74 bits per heavy atom. The summed E-state index contributed by atoms with van der Waals surface area (Å²) < 4.78 is 6.24. The fourth-order valence-electron chi connectivity index (χ4n) is 1.79. The van der Waals surface area contributed by atoms with Gasteiger partial charge in [0.2, 0.25) is 0 Å². The van der Waals surface area contributed by atoms with Gasteiger partial charge in [-0.25, -0.2) is 19.4 Å². The van der Waals surface area contributed by atoms with Crippen LogP contribution in [0.4, 0.5) is 0 Å². The summed E-state index contributed by atoms with van der Waals surface area (Å²) in [6.07, 6.45) is 4.62. The van der Waals surface area contributed by atoms with Gasteiger partial charge in [-0.05, 0) is 6.07 Å². The molecule has 0 atom stereocenters. The van der Waals surface area contributed by atoms with E-state index in [4.69, 9.17) is 0 Å². The molecule has 0 amide bonds. The van der Waals surface area contributed by atoms with Crippen molar-refractivity contribution in [2.24, 2.45) is 0 Å². The van der Waals surface area contributed by atoms with Crippen molar-refractivity contribution in [3.8, 4) is 5.82 Å². The van der Waals surface area contributed by atoms with Gasteiger partial charge in [-0.2, -0.15) is 5.10 Å². The molecule has 0 bridgehead atoms. The van der Waals surface area contributed by atoms with Gasteiger partial charge in [0, 0.05) is 5.39 Å². The normalized spacial score (nSPS) is 10.6. The van der Waals surface area contributed by atoms with Crippen molar-refractivity contribution >= 4 is 16.9 Å². The Kier molecular flexibility index (Phi) is 2.68. The van der Waals surface area contributed by atoms with E-state index in [9.17, 15) is 4.79 Å². The number of rotatable bonds is 2. The summed E-state index contributed by atoms with van der Waals surface area (Å²) in [6.45, 7) is 0. The van der Waals surface area contributed by atoms with Crippen LogP contribution in [0.1, 0.15) is 10.5 Å². The molecule has 2 heterocycles. The van der Waals surface area contributed by atoms with Crippen molar-refractivity contribution < 1.29 is 9.53 Å². The largest absolute Gasteiger partial charge is 0.464 e. The molecule has 94 valence electrons. The molecule has 0 aliphatic carbocycles. The highest BCUT2D eigenvalue weighted by Crippen LogP contribution is 2.15. The molecule has 0 aliphatic heterocycles. The Morgan fingerprint density at radius 2 is 2.00 bits per heavy atom. The summed E-state index contributed by atoms with van der Waals surface area (Å²) in [7, 11) is 1.30. The monoisotopic (exact) mass is 254 g/mol. The second kappa shape index (κ2) is 4.49. The van der Waals surface area contributed by atoms with E-state index in [-0.39, 0.29) is 5.69 Å². The third-order valence-electron chi connectivity index (χ3n) is 2.73. The number of carbonyl (C=O) groups excluding carboxylic acids is 1. The number of benzene rings is 1. The molecule has 0 saturated carbocycles. The zero-order valence-electron chi connectivity index (χ0n) is 10.1. The molecule has 0 spiro atoms. The van der Waals surface area contributed by atoms with Crippen LogP contribution >= 0.6 is 0 Å². The first-order chi connectivity index (χ1) is 9.29. The molecule has 19 heavy (non-hydrogen) atoms. The molecular formula is C13H10N4O2. The molecule has 3 rings (SSSR count). The van der Waals surface area contributed by atoms with Gasteiger partial charge < -0.3 is 4.74 Å². The van der Waals surface area contributed by atoms with E-state index in [1.807, 2.05) is 24.3 Å². The maximum atomic E-state index is 11.3. The van der Waals surface area contributed by atoms with E-state index >= 15 is 0 Å². The number of para-hydroxylation sites is 1. The summed E-state index contributed by atoms with van der Waals surface area (Å²) in [5.74, 6) is 0.0400. The smallest absolute Gasteiger partial charge is 0.358 e. The highest BCUT2D eigenvalue weighted by molar-refractivity contribution is 5.86. The number of fused-ring (bicyclic) bond motifs is 1. The van der Waals surface area contributed by atoms with Crippen LogP contribution in [0.3, 0.4) is 0 Å². The molecule has 0 N–H and O–H groups in total. The van der Waals surface area contributed by atoms with Crippen LogP contribution in [-0.4, -0.2) is 32.8 Å². The molecule has 0 saturated heterocycles. The zero-order valence-corrected chi connectivity index (χ0v) is 10.1. The van der Waals surface area contributed by atoms with Gasteiger partial charge >= 0.3 is 5.97 Å². The molecule has 6 nitrogen and oxygen atoms in total. The average Bonchev–Trinajstić information content (AvgIpc) is 2.90. The first kappa shape index (κ1) is 11.3. The molecule has 2 aromatic heterocycles. The first-order valence-electron chi connectivity index (χ1n) is 5.63. The minimum Gasteiger partial charge on any atom is -0.464 e. The van der Waals surface area contributed by atoms with Crippen molar-refractivity contribution in [1.29, 1.82) is 0 Å². The van der Waals surface area contributed by atoms with E-state index in [0.717, 1.165) is 10.9 Å². The van der Waals surface area contributed by atoms with Gasteiger partial charge in [0.05, 0.1) is 31.2 Å². The van der Waals surface area contributed by atoms with E-state index < -0.39 is 5.97 Å². The maximum absolute atomic E-state index is 11.3. The lowest BCUT2D eigenvalue weighted by Gasteiger charge is -2.02. The minimum atomic E-state index is -0.510. The van der Waals surface area contributed by atoms with E-state index in [1.54, 1.807) is 10.9 Å². The predicted molar refractivity (Wildman–Crippen MR) is 68.0 cm³/mol. The summed E-state index contributed by atoms with van der Waals surface area (Å²) in [5.41, 5.74) is 1.10. The lowest BCUT2D eigenvalue weighted by atomic mass is 10.3. The quantitative estimate of drug-likeness (QED) is 0.650. The van der Waals surface area contributed by atoms with Crippen LogP contribution in [0.25, 0.3) is 16.7 Å². The lowest BCUT2D eigenvalue weighted by molar-refractivity contribution is 0.0593. The van der Waals surface area contributed by atoms with Gasteiger partial charge in [0.1, 0.15) is 0 Å². The summed E-state index contributed by atoms with van der Waals surface area (Å²) in [5, 5.41) is 5.27. The summed E-state index contributed by atoms with van der Waals surface area (Å²) >= 11 is 0. The highest BCUT2D eigenvalue weighted by atomic mass is 16.5. The Morgan fingerprint density at radius 1 is 1.16 bits per heavy atom. The van der Waals surface area contributed by atoms with Crippen LogP contribution in [0.5, 0.6) is 0 Å². The molecule has 0 radical (unpaired) electrons. The molecule has 0 aliphatic rings. The van der Waals surface area contributed by atoms with Crippen molar-refractivity contribution in [2.75, 3.05) is 7.11 Å². The number of hydrogen-bond donors (Lipinski definition) is 0. The van der Waals surface area contributed by atoms with E-state index in [0.29, 0.717) is 5.82 Å². The topological polar surface area (TPSA) is 69.9 Å². The molecule has 3 aromatic rings. The van der Waals surface area contributed by atoms with Crippen LogP contribution in [0, 0.1) is 0 Å². The van der Waals surface area contributed by atoms with Crippen LogP contribution < -0.4 is 0 Å². The van der Waals surface area contributed by atoms with Crippen molar-refractivity contribution in [3.05, 3.63) is 48.5 Å². The SMILES string of the molecule is COC(=O)c1cnc(-n2ncc3ccccc32)cn1. The number of carbonyl (C=O) groups is 1. The Labute approximate surface area is 108 Å². The lowest BCUT2D eigenvalue weighted by Crippen LogP contribution is -2.07. The van der Waals surface area contributed by atoms with Gasteiger partial charge in [0.25, 0.3) is 0 Å². The Bertz CT molecular complexity index is 734. The predicted octanol–water partition coefficient (Wildman–Crippen LogP) is 1.60. The van der Waals surface area contributed by atoms with Gasteiger partial charge in [-0.15, -0.1) is 0 Å². The van der Waals surface area contributed by atoms with E-state index in [2.05, 4.69) is 19.8 Å².